The molecular weight excluding hydrogens is 248 g/mol. The maximum absolute atomic E-state index is 11.5. The second-order valence-corrected chi connectivity index (χ2v) is 4.10. The Balaban J connectivity index is 2.26. The van der Waals surface area contributed by atoms with Gasteiger partial charge in [0.2, 0.25) is 0 Å². The molecule has 6 nitrogen and oxygen atoms in total. The summed E-state index contributed by atoms with van der Waals surface area (Å²) in [5, 5.41) is 11.1. The van der Waals surface area contributed by atoms with Crippen LogP contribution in [0.15, 0.2) is 24.3 Å². The van der Waals surface area contributed by atoms with Crippen molar-refractivity contribution >= 4 is 12.0 Å². The van der Waals surface area contributed by atoms with E-state index in [1.54, 1.807) is 0 Å². The Bertz CT molecular complexity index is 448. The largest absolute Gasteiger partial charge is 0.491 e. The number of urea groups is 1. The number of carbonyl (C=O) groups excluding carboxylic acids is 1. The molecule has 0 bridgehead atoms. The minimum Gasteiger partial charge on any atom is -0.491 e. The van der Waals surface area contributed by atoms with Gasteiger partial charge in [0, 0.05) is 7.05 Å². The lowest BCUT2D eigenvalue weighted by molar-refractivity contribution is -0.137. The van der Waals surface area contributed by atoms with Gasteiger partial charge in [-0.2, -0.15) is 0 Å². The molecule has 0 saturated heterocycles. The fraction of sp³-hybridized carbons (Fsp3) is 0.385. The Morgan fingerprint density at radius 2 is 2.05 bits per heavy atom. The lowest BCUT2D eigenvalue weighted by Crippen LogP contribution is -2.41. The molecule has 2 amide bonds. The van der Waals surface area contributed by atoms with Crippen LogP contribution in [-0.4, -0.2) is 48.8 Å². The van der Waals surface area contributed by atoms with Crippen molar-refractivity contribution in [2.45, 2.75) is 6.92 Å². The van der Waals surface area contributed by atoms with Crippen LogP contribution in [0.5, 0.6) is 5.75 Å². The van der Waals surface area contributed by atoms with Gasteiger partial charge in [-0.1, -0.05) is 18.2 Å². The summed E-state index contributed by atoms with van der Waals surface area (Å²) in [4.78, 5) is 23.0. The van der Waals surface area contributed by atoms with Crippen LogP contribution in [-0.2, 0) is 4.79 Å². The number of carbonyl (C=O) groups is 2. The fourth-order valence-electron chi connectivity index (χ4n) is 1.45. The number of aliphatic carboxylic acids is 1. The summed E-state index contributed by atoms with van der Waals surface area (Å²) in [6, 6.07) is 7.16. The average molecular weight is 266 g/mol. The van der Waals surface area contributed by atoms with Crippen molar-refractivity contribution in [2.75, 3.05) is 26.7 Å². The maximum Gasteiger partial charge on any atom is 0.323 e. The molecule has 1 aromatic carbocycles. The molecule has 0 saturated carbocycles. The van der Waals surface area contributed by atoms with Crippen LogP contribution in [0.4, 0.5) is 4.79 Å². The highest BCUT2D eigenvalue weighted by molar-refractivity contribution is 5.79. The highest BCUT2D eigenvalue weighted by atomic mass is 16.5. The first-order valence-corrected chi connectivity index (χ1v) is 5.90. The highest BCUT2D eigenvalue weighted by Gasteiger charge is 2.10. The molecule has 6 heteroatoms. The number of ether oxygens (including phenoxy) is 1. The second kappa shape index (κ2) is 7.25. The van der Waals surface area contributed by atoms with Gasteiger partial charge >= 0.3 is 12.0 Å². The molecule has 19 heavy (non-hydrogen) atoms. The molecule has 2 N–H and O–H groups in total. The molecule has 1 aromatic rings. The van der Waals surface area contributed by atoms with E-state index < -0.39 is 12.0 Å². The zero-order valence-corrected chi connectivity index (χ0v) is 11.0. The van der Waals surface area contributed by atoms with Crippen LogP contribution in [0.2, 0.25) is 0 Å². The predicted molar refractivity (Wildman–Crippen MR) is 70.3 cm³/mol. The number of hydrogen-bond acceptors (Lipinski definition) is 3. The van der Waals surface area contributed by atoms with E-state index in [0.717, 1.165) is 16.2 Å². The monoisotopic (exact) mass is 266 g/mol. The minimum absolute atomic E-state index is 0.317. The number of nitrogens with one attached hydrogen (secondary N) is 1. The van der Waals surface area contributed by atoms with E-state index in [2.05, 4.69) is 5.32 Å². The van der Waals surface area contributed by atoms with Crippen LogP contribution < -0.4 is 10.1 Å². The quantitative estimate of drug-likeness (QED) is 0.756. The van der Waals surface area contributed by atoms with Crippen LogP contribution in [0.25, 0.3) is 0 Å². The zero-order valence-electron chi connectivity index (χ0n) is 11.0. The molecule has 1 rings (SSSR count). The van der Waals surface area contributed by atoms with Gasteiger partial charge in [-0.15, -0.1) is 0 Å². The van der Waals surface area contributed by atoms with E-state index in [0.29, 0.717) is 13.2 Å². The van der Waals surface area contributed by atoms with Crippen molar-refractivity contribution in [3.63, 3.8) is 0 Å². The number of hydrogen-bond donors (Lipinski definition) is 2. The van der Waals surface area contributed by atoms with Gasteiger partial charge < -0.3 is 20.1 Å². The molecule has 0 aliphatic carbocycles. The lowest BCUT2D eigenvalue weighted by atomic mass is 10.2. The number of carboxylic acids is 1. The average Bonchev–Trinajstić information content (AvgIpc) is 2.35. The number of likely N-dealkylation sites (N-methyl/N-ethyl adjacent to an activating group) is 1. The molecule has 0 heterocycles. The number of amides is 2. The summed E-state index contributed by atoms with van der Waals surface area (Å²) >= 11 is 0. The fourth-order valence-corrected chi connectivity index (χ4v) is 1.45. The normalized spacial score (nSPS) is 9.79. The Labute approximate surface area is 112 Å². The molecule has 0 aliphatic rings. The third kappa shape index (κ3) is 5.29. The molecule has 0 aliphatic heterocycles. The van der Waals surface area contributed by atoms with Crippen molar-refractivity contribution in [1.29, 1.82) is 0 Å². The highest BCUT2D eigenvalue weighted by Crippen LogP contribution is 2.15. The number of carboxylic acid groups (broad SMARTS) is 1. The molecule has 0 radical (unpaired) electrons. The Morgan fingerprint density at radius 3 is 2.68 bits per heavy atom. The summed E-state index contributed by atoms with van der Waals surface area (Å²) in [7, 11) is 1.42. The van der Waals surface area contributed by atoms with E-state index in [9.17, 15) is 9.59 Å². The SMILES string of the molecule is Cc1ccccc1OCCNC(=O)N(C)CC(=O)O. The first-order valence-electron chi connectivity index (χ1n) is 5.90. The van der Waals surface area contributed by atoms with E-state index >= 15 is 0 Å². The Morgan fingerprint density at radius 1 is 1.37 bits per heavy atom. The molecule has 0 spiro atoms. The lowest BCUT2D eigenvalue weighted by Gasteiger charge is -2.16. The van der Waals surface area contributed by atoms with E-state index in [1.165, 1.54) is 7.05 Å². The third-order valence-electron chi connectivity index (χ3n) is 2.45. The van der Waals surface area contributed by atoms with Crippen LogP contribution in [0, 0.1) is 6.92 Å². The molecule has 0 fully saturated rings. The van der Waals surface area contributed by atoms with Crippen molar-refractivity contribution in [2.24, 2.45) is 0 Å². The number of benzene rings is 1. The molecule has 0 aromatic heterocycles. The summed E-state index contributed by atoms with van der Waals surface area (Å²) in [6.45, 7) is 2.26. The number of aryl methyl sites for hydroxylation is 1. The van der Waals surface area contributed by atoms with E-state index in [1.807, 2.05) is 31.2 Å². The van der Waals surface area contributed by atoms with E-state index in [4.69, 9.17) is 9.84 Å². The van der Waals surface area contributed by atoms with Gasteiger partial charge in [0.15, 0.2) is 0 Å². The third-order valence-corrected chi connectivity index (χ3v) is 2.45. The maximum atomic E-state index is 11.5. The van der Waals surface area contributed by atoms with Crippen LogP contribution >= 0.6 is 0 Å². The smallest absolute Gasteiger partial charge is 0.323 e. The topological polar surface area (TPSA) is 78.9 Å². The van der Waals surface area contributed by atoms with E-state index in [-0.39, 0.29) is 6.54 Å². The molecular formula is C13H18N2O4. The van der Waals surface area contributed by atoms with Crippen molar-refractivity contribution in [3.8, 4) is 5.75 Å². The van der Waals surface area contributed by atoms with Crippen molar-refractivity contribution < 1.29 is 19.4 Å². The van der Waals surface area contributed by atoms with Crippen LogP contribution in [0.3, 0.4) is 0 Å². The number of para-hydroxylation sites is 1. The molecule has 104 valence electrons. The standard InChI is InChI=1S/C13H18N2O4/c1-10-5-3-4-6-11(10)19-8-7-14-13(18)15(2)9-12(16)17/h3-6H,7-9H2,1-2H3,(H,14,18)(H,16,17). The van der Waals surface area contributed by atoms with Crippen molar-refractivity contribution in [1.82, 2.24) is 10.2 Å². The van der Waals surface area contributed by atoms with Gasteiger partial charge in [-0.3, -0.25) is 4.79 Å². The summed E-state index contributed by atoms with van der Waals surface area (Å²) < 4.78 is 5.50. The summed E-state index contributed by atoms with van der Waals surface area (Å²) in [5.41, 5.74) is 1.02. The van der Waals surface area contributed by atoms with Crippen molar-refractivity contribution in [3.05, 3.63) is 29.8 Å². The summed E-state index contributed by atoms with van der Waals surface area (Å²) in [5.74, 6) is -0.274. The zero-order chi connectivity index (χ0) is 14.3. The van der Waals surface area contributed by atoms with Gasteiger partial charge in [-0.05, 0) is 18.6 Å². The van der Waals surface area contributed by atoms with Gasteiger partial charge in [0.25, 0.3) is 0 Å². The summed E-state index contributed by atoms with van der Waals surface area (Å²) in [6.07, 6.45) is 0. The first kappa shape index (κ1) is 14.8. The van der Waals surface area contributed by atoms with Gasteiger partial charge in [0.05, 0.1) is 6.54 Å². The molecule has 0 unspecified atom stereocenters. The first-order chi connectivity index (χ1) is 9.00. The number of nitrogens with zero attached hydrogens (tertiary/aromatic N) is 1. The predicted octanol–water partition coefficient (Wildman–Crippen LogP) is 1.10. The second-order valence-electron chi connectivity index (χ2n) is 4.10. The Kier molecular flexibility index (Phi) is 5.66. The van der Waals surface area contributed by atoms with Gasteiger partial charge in [-0.25, -0.2) is 4.79 Å². The Hall–Kier alpha value is -2.24. The molecule has 0 atom stereocenters. The van der Waals surface area contributed by atoms with Gasteiger partial charge in [0.1, 0.15) is 18.9 Å². The minimum atomic E-state index is -1.05. The number of rotatable bonds is 6. The van der Waals surface area contributed by atoms with Crippen LogP contribution in [0.1, 0.15) is 5.56 Å².